The third-order valence-corrected chi connectivity index (χ3v) is 5.85. The Morgan fingerprint density at radius 2 is 1.83 bits per heavy atom. The lowest BCUT2D eigenvalue weighted by atomic mass is 9.71. The molecule has 2 aromatic carbocycles. The van der Waals surface area contributed by atoms with Gasteiger partial charge in [0.25, 0.3) is 5.91 Å². The van der Waals surface area contributed by atoms with E-state index in [0.29, 0.717) is 11.3 Å². The van der Waals surface area contributed by atoms with Crippen molar-refractivity contribution in [3.63, 3.8) is 0 Å². The minimum absolute atomic E-state index is 0.0361. The molecule has 1 saturated heterocycles. The highest BCUT2D eigenvalue weighted by atomic mass is 16.5. The average molecular weight is 405 g/mol. The van der Waals surface area contributed by atoms with Crippen LogP contribution in [0.3, 0.4) is 0 Å². The van der Waals surface area contributed by atoms with Gasteiger partial charge in [0.1, 0.15) is 11.2 Å². The van der Waals surface area contributed by atoms with Gasteiger partial charge in [0, 0.05) is 24.2 Å². The maximum Gasteiger partial charge on any atom is 0.312 e. The van der Waals surface area contributed by atoms with E-state index in [-0.39, 0.29) is 31.8 Å². The van der Waals surface area contributed by atoms with Gasteiger partial charge in [-0.2, -0.15) is 0 Å². The van der Waals surface area contributed by atoms with Crippen LogP contribution in [0.15, 0.2) is 72.5 Å². The molecule has 0 aliphatic carbocycles. The van der Waals surface area contributed by atoms with Gasteiger partial charge >= 0.3 is 5.97 Å². The van der Waals surface area contributed by atoms with Gasteiger partial charge in [0.05, 0.1) is 12.4 Å². The number of fused-ring (bicyclic) bond motifs is 1. The van der Waals surface area contributed by atoms with Crippen LogP contribution in [0.2, 0.25) is 0 Å². The third kappa shape index (κ3) is 3.74. The zero-order valence-corrected chi connectivity index (χ0v) is 16.4. The summed E-state index contributed by atoms with van der Waals surface area (Å²) in [6.45, 7) is 0.217. The molecule has 1 fully saturated rings. The van der Waals surface area contributed by atoms with Gasteiger partial charge in [-0.05, 0) is 36.6 Å². The first-order chi connectivity index (χ1) is 14.5. The lowest BCUT2D eigenvalue weighted by Crippen LogP contribution is -2.57. The number of aliphatic hydroxyl groups is 1. The van der Waals surface area contributed by atoms with E-state index < -0.39 is 17.5 Å². The fourth-order valence-corrected chi connectivity index (χ4v) is 4.07. The van der Waals surface area contributed by atoms with Crippen molar-refractivity contribution in [2.24, 2.45) is 5.41 Å². The molecule has 2 heterocycles. The number of hydrogen-bond donors (Lipinski definition) is 2. The van der Waals surface area contributed by atoms with Crippen LogP contribution in [0.5, 0.6) is 5.75 Å². The lowest BCUT2D eigenvalue weighted by molar-refractivity contribution is -0.165. The number of likely N-dealkylation sites (tertiary alicyclic amines) is 1. The molecule has 2 aliphatic rings. The molecular formula is C24H23NO5. The Morgan fingerprint density at radius 3 is 2.57 bits per heavy atom. The highest BCUT2D eigenvalue weighted by Crippen LogP contribution is 2.37. The number of carboxylic acids is 1. The SMILES string of the molecule is O=C(C1=Cc2ccccc2OC=C1)N1CC[C@](Cc2ccccc2)(C(=O)O)[C@@H](O)C1. The molecule has 2 atom stereocenters. The van der Waals surface area contributed by atoms with Crippen LogP contribution in [-0.4, -0.2) is 46.2 Å². The molecule has 2 N–H and O–H groups in total. The number of β-amino-alcohol motifs (C(OH)–C–C–N with tert-alkyl or cyclic N) is 1. The molecule has 0 bridgehead atoms. The number of amides is 1. The summed E-state index contributed by atoms with van der Waals surface area (Å²) in [7, 11) is 0. The molecule has 4 rings (SSSR count). The van der Waals surface area contributed by atoms with Crippen LogP contribution in [-0.2, 0) is 16.0 Å². The summed E-state index contributed by atoms with van der Waals surface area (Å²) < 4.78 is 5.54. The van der Waals surface area contributed by atoms with Gasteiger partial charge in [-0.25, -0.2) is 0 Å². The standard InChI is InChI=1S/C24H23NO5/c26-21-16-25(12-11-24(21,23(28)29)15-17-6-2-1-3-7-17)22(27)19-10-13-30-20-9-5-4-8-18(20)14-19/h1-10,13-14,21,26H,11-12,15-16H2,(H,28,29)/t21-,24+/m0/s1. The van der Waals surface area contributed by atoms with Crippen molar-refractivity contribution in [3.8, 4) is 5.75 Å². The first kappa shape index (κ1) is 19.9. The number of carbonyl (C=O) groups excluding carboxylic acids is 1. The van der Waals surface area contributed by atoms with Crippen LogP contribution >= 0.6 is 0 Å². The Morgan fingerprint density at radius 1 is 1.10 bits per heavy atom. The first-order valence-corrected chi connectivity index (χ1v) is 9.88. The summed E-state index contributed by atoms with van der Waals surface area (Å²) in [5, 5.41) is 20.8. The van der Waals surface area contributed by atoms with E-state index in [1.807, 2.05) is 54.6 Å². The molecule has 30 heavy (non-hydrogen) atoms. The van der Waals surface area contributed by atoms with Crippen molar-refractivity contribution in [1.29, 1.82) is 0 Å². The molecule has 0 unspecified atom stereocenters. The number of piperidine rings is 1. The topological polar surface area (TPSA) is 87.1 Å². The number of hydrogen-bond acceptors (Lipinski definition) is 4. The Labute approximate surface area is 174 Å². The summed E-state index contributed by atoms with van der Waals surface area (Å²) in [4.78, 5) is 26.8. The smallest absolute Gasteiger partial charge is 0.312 e. The van der Waals surface area contributed by atoms with Crippen molar-refractivity contribution >= 4 is 18.0 Å². The van der Waals surface area contributed by atoms with Gasteiger partial charge in [-0.3, -0.25) is 9.59 Å². The molecule has 2 aromatic rings. The number of benzene rings is 2. The molecule has 0 spiro atoms. The molecule has 1 amide bonds. The number of nitrogens with zero attached hydrogens (tertiary/aromatic N) is 1. The number of rotatable bonds is 4. The number of ether oxygens (including phenoxy) is 1. The van der Waals surface area contributed by atoms with E-state index in [9.17, 15) is 19.8 Å². The summed E-state index contributed by atoms with van der Waals surface area (Å²) in [6, 6.07) is 16.7. The molecular weight excluding hydrogens is 382 g/mol. The largest absolute Gasteiger partial charge is 0.481 e. The van der Waals surface area contributed by atoms with Crippen LogP contribution < -0.4 is 4.74 Å². The minimum Gasteiger partial charge on any atom is -0.481 e. The second-order valence-corrected chi connectivity index (χ2v) is 7.70. The summed E-state index contributed by atoms with van der Waals surface area (Å²) in [6.07, 6.45) is 4.03. The van der Waals surface area contributed by atoms with E-state index in [0.717, 1.165) is 11.1 Å². The number of aliphatic hydroxyl groups excluding tert-OH is 1. The number of aliphatic carboxylic acids is 1. The Hall–Kier alpha value is -3.38. The molecule has 0 saturated carbocycles. The predicted octanol–water partition coefficient (Wildman–Crippen LogP) is 2.88. The zero-order valence-electron chi connectivity index (χ0n) is 16.4. The maximum absolute atomic E-state index is 13.1. The fraction of sp³-hybridized carbons (Fsp3) is 0.250. The maximum atomic E-state index is 13.1. The first-order valence-electron chi connectivity index (χ1n) is 9.88. The van der Waals surface area contributed by atoms with Crippen LogP contribution in [0, 0.1) is 5.41 Å². The van der Waals surface area contributed by atoms with E-state index in [2.05, 4.69) is 0 Å². The predicted molar refractivity (Wildman–Crippen MR) is 112 cm³/mol. The van der Waals surface area contributed by atoms with Gasteiger partial charge in [0.2, 0.25) is 0 Å². The number of carboxylic acid groups (broad SMARTS) is 1. The fourth-order valence-electron chi connectivity index (χ4n) is 4.07. The van der Waals surface area contributed by atoms with E-state index in [4.69, 9.17) is 4.74 Å². The van der Waals surface area contributed by atoms with Crippen molar-refractivity contribution in [2.75, 3.05) is 13.1 Å². The quantitative estimate of drug-likeness (QED) is 0.817. The summed E-state index contributed by atoms with van der Waals surface area (Å²) >= 11 is 0. The Balaban J connectivity index is 1.54. The van der Waals surface area contributed by atoms with E-state index in [1.165, 1.54) is 11.2 Å². The summed E-state index contributed by atoms with van der Waals surface area (Å²) in [5.41, 5.74) is 0.744. The minimum atomic E-state index is -1.32. The highest BCUT2D eigenvalue weighted by molar-refractivity contribution is 6.01. The monoisotopic (exact) mass is 405 g/mol. The molecule has 0 radical (unpaired) electrons. The molecule has 6 heteroatoms. The second kappa shape index (κ2) is 8.16. The van der Waals surface area contributed by atoms with Crippen molar-refractivity contribution < 1.29 is 24.5 Å². The molecule has 0 aromatic heterocycles. The second-order valence-electron chi connectivity index (χ2n) is 7.70. The highest BCUT2D eigenvalue weighted by Gasteiger charge is 2.49. The van der Waals surface area contributed by atoms with Crippen LogP contribution in [0.1, 0.15) is 17.5 Å². The van der Waals surface area contributed by atoms with Crippen molar-refractivity contribution in [2.45, 2.75) is 18.9 Å². The lowest BCUT2D eigenvalue weighted by Gasteiger charge is -2.43. The number of para-hydroxylation sites is 1. The Kier molecular flexibility index (Phi) is 5.42. The normalized spacial score (nSPS) is 23.0. The van der Waals surface area contributed by atoms with Crippen LogP contribution in [0.25, 0.3) is 6.08 Å². The third-order valence-electron chi connectivity index (χ3n) is 5.85. The average Bonchev–Trinajstić information content (AvgIpc) is 2.98. The Bertz CT molecular complexity index is 1010. The van der Waals surface area contributed by atoms with Gasteiger partial charge in [-0.15, -0.1) is 0 Å². The zero-order chi connectivity index (χ0) is 21.1. The number of carbonyl (C=O) groups is 2. The van der Waals surface area contributed by atoms with Crippen molar-refractivity contribution in [1.82, 2.24) is 4.90 Å². The summed E-state index contributed by atoms with van der Waals surface area (Å²) in [5.74, 6) is -0.644. The van der Waals surface area contributed by atoms with E-state index in [1.54, 1.807) is 12.2 Å². The van der Waals surface area contributed by atoms with Gasteiger partial charge in [0.15, 0.2) is 0 Å². The van der Waals surface area contributed by atoms with Crippen LogP contribution in [0.4, 0.5) is 0 Å². The molecule has 154 valence electrons. The van der Waals surface area contributed by atoms with Gasteiger partial charge in [-0.1, -0.05) is 48.5 Å². The van der Waals surface area contributed by atoms with Crippen molar-refractivity contribution in [3.05, 3.63) is 83.6 Å². The van der Waals surface area contributed by atoms with E-state index >= 15 is 0 Å². The molecule has 2 aliphatic heterocycles. The molecule has 6 nitrogen and oxygen atoms in total. The van der Waals surface area contributed by atoms with Gasteiger partial charge < -0.3 is 19.8 Å².